The Balaban J connectivity index is 1.90. The maximum absolute atomic E-state index is 12.2. The lowest BCUT2D eigenvalue weighted by molar-refractivity contribution is 0.0591. The van der Waals surface area contributed by atoms with Crippen LogP contribution in [0.2, 0.25) is 0 Å². The molecule has 0 bridgehead atoms. The van der Waals surface area contributed by atoms with Crippen LogP contribution in [-0.2, 0) is 4.74 Å². The number of rotatable bonds is 7. The van der Waals surface area contributed by atoms with Gasteiger partial charge in [-0.1, -0.05) is 19.1 Å². The number of fused-ring (bicyclic) bond motifs is 1. The Hall–Kier alpha value is -2.74. The van der Waals surface area contributed by atoms with Crippen LogP contribution >= 0.6 is 0 Å². The van der Waals surface area contributed by atoms with Gasteiger partial charge in [-0.15, -0.1) is 5.10 Å². The zero-order valence-electron chi connectivity index (χ0n) is 13.5. The van der Waals surface area contributed by atoms with Crippen molar-refractivity contribution < 1.29 is 13.9 Å². The molecule has 0 radical (unpaired) electrons. The van der Waals surface area contributed by atoms with Crippen LogP contribution in [-0.4, -0.2) is 39.9 Å². The first-order valence-electron chi connectivity index (χ1n) is 7.74. The number of nitrogens with one attached hydrogen (secondary N) is 1. The van der Waals surface area contributed by atoms with E-state index in [0.29, 0.717) is 24.5 Å². The Bertz CT molecular complexity index is 860. The molecule has 126 valence electrons. The number of ether oxygens (including phenoxy) is 2. The van der Waals surface area contributed by atoms with Gasteiger partial charge in [-0.05, 0) is 35.9 Å². The Morgan fingerprint density at radius 3 is 3.00 bits per heavy atom. The molecule has 0 spiro atoms. The standard InChI is InChI=1S/C16H18N4O4/c1-3-7-22-9-10(2)23-13-6-4-5-11-8-12(15-17-19-20-18-15)16(21)24-14(11)13/h4-6,8,10H,3,7,9H2,1-2H3,(H,17,18,19,20)/t10-/m0/s1. The molecule has 0 amide bonds. The average Bonchev–Trinajstić information content (AvgIpc) is 3.09. The van der Waals surface area contributed by atoms with Gasteiger partial charge in [0.15, 0.2) is 17.2 Å². The van der Waals surface area contributed by atoms with Gasteiger partial charge in [0.25, 0.3) is 0 Å². The van der Waals surface area contributed by atoms with Crippen molar-refractivity contribution in [3.05, 3.63) is 34.7 Å². The molecule has 2 aromatic heterocycles. The van der Waals surface area contributed by atoms with Crippen molar-refractivity contribution >= 4 is 11.0 Å². The van der Waals surface area contributed by atoms with E-state index in [1.165, 1.54) is 0 Å². The number of tetrazole rings is 1. The molecule has 0 aliphatic rings. The van der Waals surface area contributed by atoms with Crippen molar-refractivity contribution in [2.24, 2.45) is 0 Å². The van der Waals surface area contributed by atoms with Crippen molar-refractivity contribution in [2.45, 2.75) is 26.4 Å². The second kappa shape index (κ2) is 7.22. The van der Waals surface area contributed by atoms with Crippen LogP contribution in [0.5, 0.6) is 5.75 Å². The molecular formula is C16H18N4O4. The third-order valence-corrected chi connectivity index (χ3v) is 3.35. The van der Waals surface area contributed by atoms with E-state index in [0.717, 1.165) is 11.8 Å². The lowest BCUT2D eigenvalue weighted by Gasteiger charge is -2.15. The number of hydrogen-bond donors (Lipinski definition) is 1. The Labute approximate surface area is 137 Å². The SMILES string of the molecule is CCCOC[C@H](C)Oc1cccc2cc(-c3nnn[nH]3)c(=O)oc12. The molecule has 1 N–H and O–H groups in total. The smallest absolute Gasteiger partial charge is 0.347 e. The van der Waals surface area contributed by atoms with Gasteiger partial charge in [0, 0.05) is 12.0 Å². The van der Waals surface area contributed by atoms with Gasteiger partial charge in [-0.3, -0.25) is 0 Å². The van der Waals surface area contributed by atoms with Crippen LogP contribution in [0.25, 0.3) is 22.4 Å². The quantitative estimate of drug-likeness (QED) is 0.523. The predicted octanol–water partition coefficient (Wildman–Crippen LogP) is 2.17. The first-order chi connectivity index (χ1) is 11.7. The third kappa shape index (κ3) is 3.43. The third-order valence-electron chi connectivity index (χ3n) is 3.35. The van der Waals surface area contributed by atoms with Gasteiger partial charge in [0.05, 0.1) is 6.61 Å². The van der Waals surface area contributed by atoms with E-state index in [1.54, 1.807) is 12.1 Å². The molecular weight excluding hydrogens is 312 g/mol. The van der Waals surface area contributed by atoms with Gasteiger partial charge >= 0.3 is 5.63 Å². The van der Waals surface area contributed by atoms with E-state index in [4.69, 9.17) is 13.9 Å². The summed E-state index contributed by atoms with van der Waals surface area (Å²) in [4.78, 5) is 12.2. The minimum atomic E-state index is -0.535. The van der Waals surface area contributed by atoms with Gasteiger partial charge in [0.2, 0.25) is 0 Å². The lowest BCUT2D eigenvalue weighted by atomic mass is 10.1. The number of aromatic nitrogens is 4. The first kappa shape index (κ1) is 16.1. The molecule has 0 fully saturated rings. The molecule has 0 saturated heterocycles. The summed E-state index contributed by atoms with van der Waals surface area (Å²) < 4.78 is 16.8. The summed E-state index contributed by atoms with van der Waals surface area (Å²) in [5.74, 6) is 0.762. The second-order valence-electron chi connectivity index (χ2n) is 5.38. The van der Waals surface area contributed by atoms with E-state index in [1.807, 2.05) is 26.0 Å². The minimum Gasteiger partial charge on any atom is -0.484 e. The Kier molecular flexibility index (Phi) is 4.85. The fraction of sp³-hybridized carbons (Fsp3) is 0.375. The molecule has 8 nitrogen and oxygen atoms in total. The number of benzene rings is 1. The molecule has 1 aromatic carbocycles. The molecule has 0 aliphatic heterocycles. The lowest BCUT2D eigenvalue weighted by Crippen LogP contribution is -2.19. The number of nitrogens with zero attached hydrogens (tertiary/aromatic N) is 3. The monoisotopic (exact) mass is 330 g/mol. The first-order valence-corrected chi connectivity index (χ1v) is 7.74. The van der Waals surface area contributed by atoms with Gasteiger partial charge < -0.3 is 13.9 Å². The van der Waals surface area contributed by atoms with E-state index >= 15 is 0 Å². The van der Waals surface area contributed by atoms with E-state index in [-0.39, 0.29) is 17.5 Å². The highest BCUT2D eigenvalue weighted by molar-refractivity contribution is 5.85. The normalized spacial score (nSPS) is 12.4. The predicted molar refractivity (Wildman–Crippen MR) is 86.9 cm³/mol. The molecule has 24 heavy (non-hydrogen) atoms. The van der Waals surface area contributed by atoms with Crippen molar-refractivity contribution in [3.63, 3.8) is 0 Å². The van der Waals surface area contributed by atoms with Crippen molar-refractivity contribution in [1.29, 1.82) is 0 Å². The van der Waals surface area contributed by atoms with Gasteiger partial charge in [-0.2, -0.15) is 0 Å². The zero-order chi connectivity index (χ0) is 16.9. The summed E-state index contributed by atoms with van der Waals surface area (Å²) in [5.41, 5.74) is 0.122. The number of aromatic amines is 1. The second-order valence-corrected chi connectivity index (χ2v) is 5.38. The largest absolute Gasteiger partial charge is 0.484 e. The molecule has 3 aromatic rings. The summed E-state index contributed by atoms with van der Waals surface area (Å²) in [6.07, 6.45) is 0.792. The van der Waals surface area contributed by atoms with Crippen LogP contribution in [0.1, 0.15) is 20.3 Å². The molecule has 0 aliphatic carbocycles. The number of para-hydroxylation sites is 1. The van der Waals surface area contributed by atoms with Crippen molar-refractivity contribution in [1.82, 2.24) is 20.6 Å². The maximum atomic E-state index is 12.2. The van der Waals surface area contributed by atoms with Crippen LogP contribution in [0.4, 0.5) is 0 Å². The summed E-state index contributed by atoms with van der Waals surface area (Å²) >= 11 is 0. The highest BCUT2D eigenvalue weighted by Gasteiger charge is 2.15. The zero-order valence-corrected chi connectivity index (χ0v) is 13.5. The molecule has 2 heterocycles. The number of H-pyrrole nitrogens is 1. The topological polar surface area (TPSA) is 103 Å². The Morgan fingerprint density at radius 2 is 2.25 bits per heavy atom. The van der Waals surface area contributed by atoms with Crippen LogP contribution in [0, 0.1) is 0 Å². The minimum absolute atomic E-state index is 0.161. The highest BCUT2D eigenvalue weighted by Crippen LogP contribution is 2.27. The molecule has 3 rings (SSSR count). The van der Waals surface area contributed by atoms with Crippen molar-refractivity contribution in [3.8, 4) is 17.1 Å². The van der Waals surface area contributed by atoms with Crippen LogP contribution < -0.4 is 10.4 Å². The summed E-state index contributed by atoms with van der Waals surface area (Å²) in [7, 11) is 0. The summed E-state index contributed by atoms with van der Waals surface area (Å²) in [5, 5.41) is 14.0. The van der Waals surface area contributed by atoms with E-state index in [9.17, 15) is 4.79 Å². The van der Waals surface area contributed by atoms with Crippen LogP contribution in [0.15, 0.2) is 33.5 Å². The molecule has 8 heteroatoms. The fourth-order valence-electron chi connectivity index (χ4n) is 2.29. The average molecular weight is 330 g/mol. The summed E-state index contributed by atoms with van der Waals surface area (Å²) in [6.45, 7) is 5.11. The molecule has 0 saturated carbocycles. The molecule has 0 unspecified atom stereocenters. The Morgan fingerprint density at radius 1 is 1.38 bits per heavy atom. The fourth-order valence-corrected chi connectivity index (χ4v) is 2.29. The van der Waals surface area contributed by atoms with Crippen molar-refractivity contribution in [2.75, 3.05) is 13.2 Å². The summed E-state index contributed by atoms with van der Waals surface area (Å²) in [6, 6.07) is 7.10. The number of hydrogen-bond acceptors (Lipinski definition) is 7. The highest BCUT2D eigenvalue weighted by atomic mass is 16.5. The van der Waals surface area contributed by atoms with E-state index in [2.05, 4.69) is 20.6 Å². The maximum Gasteiger partial charge on any atom is 0.347 e. The van der Waals surface area contributed by atoms with Gasteiger partial charge in [-0.25, -0.2) is 9.89 Å². The van der Waals surface area contributed by atoms with Gasteiger partial charge in [0.1, 0.15) is 11.7 Å². The van der Waals surface area contributed by atoms with E-state index < -0.39 is 5.63 Å². The molecule has 1 atom stereocenters. The van der Waals surface area contributed by atoms with Crippen LogP contribution in [0.3, 0.4) is 0 Å².